The summed E-state index contributed by atoms with van der Waals surface area (Å²) in [4.78, 5) is 10.3. The Balaban J connectivity index is 2.40. The molecule has 1 aliphatic carbocycles. The van der Waals surface area contributed by atoms with E-state index in [-0.39, 0.29) is 0 Å². The summed E-state index contributed by atoms with van der Waals surface area (Å²) in [5.74, 6) is -0.662. The normalized spacial score (nSPS) is 23.8. The van der Waals surface area contributed by atoms with Crippen molar-refractivity contribution in [3.63, 3.8) is 0 Å². The van der Waals surface area contributed by atoms with Crippen LogP contribution in [0, 0.1) is 5.92 Å². The van der Waals surface area contributed by atoms with Crippen LogP contribution >= 0.6 is 0 Å². The molecule has 1 unspecified atom stereocenters. The Morgan fingerprint density at radius 1 is 1.70 bits per heavy atom. The third-order valence-corrected chi connectivity index (χ3v) is 1.84. The summed E-state index contributed by atoms with van der Waals surface area (Å²) in [5, 5.41) is 17.7. The van der Waals surface area contributed by atoms with E-state index in [9.17, 15) is 9.90 Å². The van der Waals surface area contributed by atoms with Crippen LogP contribution in [0.1, 0.15) is 26.2 Å². The van der Waals surface area contributed by atoms with Gasteiger partial charge in [-0.3, -0.25) is 0 Å². The highest BCUT2D eigenvalue weighted by molar-refractivity contribution is 5.76. The summed E-state index contributed by atoms with van der Waals surface area (Å²) in [7, 11) is 0. The number of carboxylic acid groups (broad SMARTS) is 1. The van der Waals surface area contributed by atoms with E-state index in [4.69, 9.17) is 5.11 Å². The average molecular weight is 144 g/mol. The van der Waals surface area contributed by atoms with Crippen molar-refractivity contribution in [3.8, 4) is 0 Å². The summed E-state index contributed by atoms with van der Waals surface area (Å²) in [6.07, 6.45) is 2.55. The van der Waals surface area contributed by atoms with E-state index in [0.717, 1.165) is 12.8 Å². The lowest BCUT2D eigenvalue weighted by Crippen LogP contribution is -2.35. The lowest BCUT2D eigenvalue weighted by molar-refractivity contribution is -0.157. The van der Waals surface area contributed by atoms with Gasteiger partial charge in [0.05, 0.1) is 0 Å². The monoisotopic (exact) mass is 144 g/mol. The molecular formula is C7H12O3. The predicted octanol–water partition coefficient (Wildman–Crippen LogP) is 0.622. The van der Waals surface area contributed by atoms with Crippen molar-refractivity contribution >= 4 is 5.97 Å². The Labute approximate surface area is 59.7 Å². The van der Waals surface area contributed by atoms with Crippen molar-refractivity contribution in [3.05, 3.63) is 0 Å². The molecule has 1 saturated carbocycles. The molecule has 0 saturated heterocycles. The van der Waals surface area contributed by atoms with Crippen molar-refractivity contribution in [2.24, 2.45) is 5.92 Å². The first-order valence-corrected chi connectivity index (χ1v) is 3.48. The van der Waals surface area contributed by atoms with Crippen molar-refractivity contribution in [2.75, 3.05) is 0 Å². The molecule has 1 rings (SSSR count). The van der Waals surface area contributed by atoms with Gasteiger partial charge in [-0.1, -0.05) is 12.8 Å². The fraction of sp³-hybridized carbons (Fsp3) is 0.857. The van der Waals surface area contributed by atoms with Crippen molar-refractivity contribution in [1.29, 1.82) is 0 Å². The second-order valence-corrected chi connectivity index (χ2v) is 3.23. The SMILES string of the molecule is CC(O)(CC1CC1)C(=O)O. The molecule has 1 atom stereocenters. The Morgan fingerprint density at radius 3 is 2.50 bits per heavy atom. The minimum atomic E-state index is -1.50. The molecule has 10 heavy (non-hydrogen) atoms. The molecule has 1 fully saturated rings. The van der Waals surface area contributed by atoms with Gasteiger partial charge in [-0.25, -0.2) is 4.79 Å². The number of aliphatic carboxylic acids is 1. The van der Waals surface area contributed by atoms with E-state index in [1.54, 1.807) is 0 Å². The minimum Gasteiger partial charge on any atom is -0.479 e. The van der Waals surface area contributed by atoms with E-state index < -0.39 is 11.6 Å². The molecule has 0 aromatic carbocycles. The van der Waals surface area contributed by atoms with Crippen LogP contribution in [0.4, 0.5) is 0 Å². The van der Waals surface area contributed by atoms with Gasteiger partial charge in [-0.15, -0.1) is 0 Å². The van der Waals surface area contributed by atoms with Crippen LogP contribution in [0.2, 0.25) is 0 Å². The number of hydrogen-bond acceptors (Lipinski definition) is 2. The highest BCUT2D eigenvalue weighted by atomic mass is 16.4. The Kier molecular flexibility index (Phi) is 1.68. The fourth-order valence-corrected chi connectivity index (χ4v) is 0.971. The van der Waals surface area contributed by atoms with Gasteiger partial charge < -0.3 is 10.2 Å². The van der Waals surface area contributed by atoms with Gasteiger partial charge in [-0.05, 0) is 19.3 Å². The summed E-state index contributed by atoms with van der Waals surface area (Å²) in [5.41, 5.74) is -1.50. The number of hydrogen-bond donors (Lipinski definition) is 2. The fourth-order valence-electron chi connectivity index (χ4n) is 0.971. The highest BCUT2D eigenvalue weighted by Crippen LogP contribution is 2.36. The molecular weight excluding hydrogens is 132 g/mol. The molecule has 0 heterocycles. The number of carboxylic acids is 1. The molecule has 0 aromatic rings. The highest BCUT2D eigenvalue weighted by Gasteiger charge is 2.36. The smallest absolute Gasteiger partial charge is 0.335 e. The van der Waals surface area contributed by atoms with Gasteiger partial charge in [0.15, 0.2) is 5.60 Å². The number of aliphatic hydroxyl groups is 1. The summed E-state index contributed by atoms with van der Waals surface area (Å²) < 4.78 is 0. The van der Waals surface area contributed by atoms with Crippen molar-refractivity contribution in [1.82, 2.24) is 0 Å². The van der Waals surface area contributed by atoms with E-state index in [0.29, 0.717) is 12.3 Å². The Bertz CT molecular complexity index is 147. The lowest BCUT2D eigenvalue weighted by atomic mass is 10.00. The molecule has 0 spiro atoms. The first-order chi connectivity index (χ1) is 4.52. The maximum atomic E-state index is 10.3. The standard InChI is InChI=1S/C7H12O3/c1-7(10,6(8)9)4-5-2-3-5/h5,10H,2-4H2,1H3,(H,8,9). The van der Waals surface area contributed by atoms with Crippen LogP contribution in [0.5, 0.6) is 0 Å². The van der Waals surface area contributed by atoms with Gasteiger partial charge >= 0.3 is 5.97 Å². The van der Waals surface area contributed by atoms with Crippen LogP contribution < -0.4 is 0 Å². The average Bonchev–Trinajstić information content (AvgIpc) is 2.48. The predicted molar refractivity (Wildman–Crippen MR) is 35.6 cm³/mol. The molecule has 0 bridgehead atoms. The lowest BCUT2D eigenvalue weighted by Gasteiger charge is -2.16. The maximum absolute atomic E-state index is 10.3. The molecule has 58 valence electrons. The molecule has 0 aliphatic heterocycles. The molecule has 2 N–H and O–H groups in total. The van der Waals surface area contributed by atoms with Crippen LogP contribution in [0.15, 0.2) is 0 Å². The van der Waals surface area contributed by atoms with Gasteiger partial charge in [0.2, 0.25) is 0 Å². The second-order valence-electron chi connectivity index (χ2n) is 3.23. The topological polar surface area (TPSA) is 57.5 Å². The zero-order valence-electron chi connectivity index (χ0n) is 6.00. The van der Waals surface area contributed by atoms with Crippen LogP contribution in [-0.4, -0.2) is 21.8 Å². The van der Waals surface area contributed by atoms with Crippen LogP contribution in [-0.2, 0) is 4.79 Å². The minimum absolute atomic E-state index is 0.405. The van der Waals surface area contributed by atoms with Gasteiger partial charge in [-0.2, -0.15) is 0 Å². The van der Waals surface area contributed by atoms with E-state index in [1.807, 2.05) is 0 Å². The quantitative estimate of drug-likeness (QED) is 0.610. The third kappa shape index (κ3) is 1.70. The summed E-state index contributed by atoms with van der Waals surface area (Å²) in [6.45, 7) is 1.35. The Morgan fingerprint density at radius 2 is 2.20 bits per heavy atom. The molecule has 1 aliphatic rings. The van der Waals surface area contributed by atoms with E-state index in [2.05, 4.69) is 0 Å². The van der Waals surface area contributed by atoms with Gasteiger partial charge in [0.25, 0.3) is 0 Å². The van der Waals surface area contributed by atoms with Gasteiger partial charge in [0.1, 0.15) is 0 Å². The molecule has 0 amide bonds. The third-order valence-electron chi connectivity index (χ3n) is 1.84. The molecule has 0 aromatic heterocycles. The zero-order valence-corrected chi connectivity index (χ0v) is 6.00. The number of carbonyl (C=O) groups is 1. The number of rotatable bonds is 3. The van der Waals surface area contributed by atoms with E-state index >= 15 is 0 Å². The first-order valence-electron chi connectivity index (χ1n) is 3.48. The van der Waals surface area contributed by atoms with Crippen molar-refractivity contribution in [2.45, 2.75) is 31.8 Å². The van der Waals surface area contributed by atoms with Gasteiger partial charge in [0, 0.05) is 0 Å². The molecule has 3 heteroatoms. The maximum Gasteiger partial charge on any atom is 0.335 e. The molecule has 3 nitrogen and oxygen atoms in total. The second kappa shape index (κ2) is 2.23. The first kappa shape index (κ1) is 7.54. The van der Waals surface area contributed by atoms with Crippen LogP contribution in [0.3, 0.4) is 0 Å². The van der Waals surface area contributed by atoms with Crippen LogP contribution in [0.25, 0.3) is 0 Å². The largest absolute Gasteiger partial charge is 0.479 e. The molecule has 0 radical (unpaired) electrons. The Hall–Kier alpha value is -0.570. The summed E-state index contributed by atoms with van der Waals surface area (Å²) in [6, 6.07) is 0. The summed E-state index contributed by atoms with van der Waals surface area (Å²) >= 11 is 0. The zero-order chi connectivity index (χ0) is 7.78. The van der Waals surface area contributed by atoms with Crippen molar-refractivity contribution < 1.29 is 15.0 Å². The van der Waals surface area contributed by atoms with E-state index in [1.165, 1.54) is 6.92 Å².